The van der Waals surface area contributed by atoms with Crippen molar-refractivity contribution in [3.05, 3.63) is 29.6 Å². The third-order valence-corrected chi connectivity index (χ3v) is 4.33. The Balaban J connectivity index is 0.00000192. The second kappa shape index (κ2) is 7.27. The molecule has 0 aliphatic carbocycles. The van der Waals surface area contributed by atoms with Crippen LogP contribution >= 0.6 is 12.4 Å². The van der Waals surface area contributed by atoms with E-state index in [-0.39, 0.29) is 35.8 Å². The first kappa shape index (κ1) is 17.7. The minimum atomic E-state index is -0.536. The van der Waals surface area contributed by atoms with Crippen molar-refractivity contribution >= 4 is 29.9 Å². The Morgan fingerprint density at radius 1 is 1.35 bits per heavy atom. The summed E-state index contributed by atoms with van der Waals surface area (Å²) in [6.45, 7) is 4.55. The highest BCUT2D eigenvalue weighted by Gasteiger charge is 2.28. The van der Waals surface area contributed by atoms with E-state index in [9.17, 15) is 14.0 Å². The van der Waals surface area contributed by atoms with Crippen LogP contribution < -0.4 is 10.2 Å². The molecule has 1 aromatic rings. The van der Waals surface area contributed by atoms with Crippen LogP contribution in [0, 0.1) is 5.82 Å². The number of rotatable bonds is 2. The lowest BCUT2D eigenvalue weighted by Gasteiger charge is -2.34. The van der Waals surface area contributed by atoms with Crippen LogP contribution in [0.1, 0.15) is 30.1 Å². The number of carbonyl (C=O) groups excluding carboxylic acids is 2. The Morgan fingerprint density at radius 2 is 2.13 bits per heavy atom. The van der Waals surface area contributed by atoms with E-state index >= 15 is 0 Å². The van der Waals surface area contributed by atoms with Gasteiger partial charge in [0.25, 0.3) is 5.91 Å². The maximum atomic E-state index is 14.1. The monoisotopic (exact) mass is 341 g/mol. The fourth-order valence-corrected chi connectivity index (χ4v) is 3.06. The second-order valence-corrected chi connectivity index (χ2v) is 5.86. The summed E-state index contributed by atoms with van der Waals surface area (Å²) >= 11 is 0. The number of hydrogen-bond donors (Lipinski definition) is 1. The summed E-state index contributed by atoms with van der Waals surface area (Å²) in [7, 11) is 0. The number of amides is 2. The third-order valence-electron chi connectivity index (χ3n) is 4.33. The number of anilines is 1. The third kappa shape index (κ3) is 3.48. The number of hydrogen-bond acceptors (Lipinski definition) is 3. The molecule has 0 spiro atoms. The fraction of sp³-hybridized carbons (Fsp3) is 0.500. The molecule has 0 bridgehead atoms. The largest absolute Gasteiger partial charge is 0.333 e. The van der Waals surface area contributed by atoms with Gasteiger partial charge in [0.2, 0.25) is 5.91 Å². The number of nitrogens with one attached hydrogen (secondary N) is 1. The Labute approximate surface area is 141 Å². The Bertz CT molecular complexity index is 611. The molecule has 2 aliphatic heterocycles. The molecule has 2 heterocycles. The fourth-order valence-electron chi connectivity index (χ4n) is 3.06. The molecular weight excluding hydrogens is 321 g/mol. The van der Waals surface area contributed by atoms with Crippen LogP contribution in [0.4, 0.5) is 10.1 Å². The van der Waals surface area contributed by atoms with E-state index in [1.807, 2.05) is 6.92 Å². The van der Waals surface area contributed by atoms with Gasteiger partial charge >= 0.3 is 0 Å². The van der Waals surface area contributed by atoms with Gasteiger partial charge in [-0.15, -0.1) is 12.4 Å². The molecule has 2 saturated heterocycles. The van der Waals surface area contributed by atoms with Gasteiger partial charge in [-0.3, -0.25) is 9.59 Å². The lowest BCUT2D eigenvalue weighted by molar-refractivity contribution is -0.117. The number of nitrogens with zero attached hydrogens (tertiary/aromatic N) is 2. The van der Waals surface area contributed by atoms with Gasteiger partial charge in [0, 0.05) is 44.3 Å². The maximum Gasteiger partial charge on any atom is 0.257 e. The molecule has 126 valence electrons. The van der Waals surface area contributed by atoms with Crippen molar-refractivity contribution < 1.29 is 14.0 Å². The van der Waals surface area contributed by atoms with Gasteiger partial charge in [-0.2, -0.15) is 0 Å². The summed E-state index contributed by atoms with van der Waals surface area (Å²) in [5.41, 5.74) is 0.654. The molecule has 0 unspecified atom stereocenters. The lowest BCUT2D eigenvalue weighted by Crippen LogP contribution is -2.52. The average Bonchev–Trinajstić information content (AvgIpc) is 2.94. The van der Waals surface area contributed by atoms with Crippen molar-refractivity contribution in [1.82, 2.24) is 10.2 Å². The van der Waals surface area contributed by atoms with Crippen molar-refractivity contribution in [2.75, 3.05) is 31.1 Å². The molecular formula is C16H21ClFN3O2. The van der Waals surface area contributed by atoms with E-state index in [0.29, 0.717) is 38.3 Å². The minimum absolute atomic E-state index is 0. The maximum absolute atomic E-state index is 14.1. The molecule has 2 amide bonds. The summed E-state index contributed by atoms with van der Waals surface area (Å²) < 4.78 is 14.1. The summed E-state index contributed by atoms with van der Waals surface area (Å²) in [6, 6.07) is 4.38. The Hall–Kier alpha value is -1.66. The van der Waals surface area contributed by atoms with Gasteiger partial charge < -0.3 is 15.1 Å². The zero-order chi connectivity index (χ0) is 15.7. The first-order valence-electron chi connectivity index (χ1n) is 7.69. The highest BCUT2D eigenvalue weighted by Crippen LogP contribution is 2.25. The van der Waals surface area contributed by atoms with Crippen LogP contribution in [-0.2, 0) is 4.79 Å². The van der Waals surface area contributed by atoms with Crippen LogP contribution in [0.25, 0.3) is 0 Å². The summed E-state index contributed by atoms with van der Waals surface area (Å²) in [6.07, 6.45) is 1.31. The van der Waals surface area contributed by atoms with Crippen molar-refractivity contribution in [3.8, 4) is 0 Å². The van der Waals surface area contributed by atoms with E-state index in [4.69, 9.17) is 0 Å². The molecule has 2 aliphatic rings. The molecule has 23 heavy (non-hydrogen) atoms. The van der Waals surface area contributed by atoms with E-state index in [2.05, 4.69) is 5.32 Å². The van der Waals surface area contributed by atoms with Gasteiger partial charge in [-0.25, -0.2) is 4.39 Å². The highest BCUT2D eigenvalue weighted by atomic mass is 35.5. The van der Waals surface area contributed by atoms with Gasteiger partial charge in [-0.05, 0) is 31.5 Å². The Kier molecular flexibility index (Phi) is 5.59. The molecule has 1 atom stereocenters. The van der Waals surface area contributed by atoms with E-state index in [1.54, 1.807) is 15.9 Å². The summed E-state index contributed by atoms with van der Waals surface area (Å²) in [5, 5.41) is 3.21. The van der Waals surface area contributed by atoms with E-state index in [0.717, 1.165) is 6.42 Å². The molecule has 0 saturated carbocycles. The topological polar surface area (TPSA) is 52.7 Å². The zero-order valence-electron chi connectivity index (χ0n) is 13.0. The highest BCUT2D eigenvalue weighted by molar-refractivity contribution is 5.99. The van der Waals surface area contributed by atoms with Gasteiger partial charge in [0.1, 0.15) is 5.82 Å². The van der Waals surface area contributed by atoms with E-state index in [1.165, 1.54) is 12.1 Å². The van der Waals surface area contributed by atoms with Crippen molar-refractivity contribution in [1.29, 1.82) is 0 Å². The van der Waals surface area contributed by atoms with Crippen molar-refractivity contribution in [2.45, 2.75) is 25.8 Å². The van der Waals surface area contributed by atoms with Gasteiger partial charge in [-0.1, -0.05) is 0 Å². The van der Waals surface area contributed by atoms with Crippen LogP contribution in [0.2, 0.25) is 0 Å². The standard InChI is InChI=1S/C16H20FN3O2.ClH/c1-11-10-18-6-8-19(11)16(22)13-9-12(4-5-14(13)17)20-7-2-3-15(20)21;/h4-5,9,11,18H,2-3,6-8,10H2,1H3;1H/t11-;/m1./s1. The van der Waals surface area contributed by atoms with Crippen molar-refractivity contribution in [3.63, 3.8) is 0 Å². The SMILES string of the molecule is C[C@@H]1CNCCN1C(=O)c1cc(N2CCCC2=O)ccc1F.Cl. The van der Waals surface area contributed by atoms with Gasteiger partial charge in [0.15, 0.2) is 0 Å². The minimum Gasteiger partial charge on any atom is -0.333 e. The summed E-state index contributed by atoms with van der Waals surface area (Å²) in [4.78, 5) is 27.8. The molecule has 7 heteroatoms. The summed E-state index contributed by atoms with van der Waals surface area (Å²) in [5.74, 6) is -0.813. The second-order valence-electron chi connectivity index (χ2n) is 5.86. The normalized spacial score (nSPS) is 21.3. The number of halogens is 2. The van der Waals surface area contributed by atoms with Crippen LogP contribution in [0.3, 0.4) is 0 Å². The lowest BCUT2D eigenvalue weighted by atomic mass is 10.1. The predicted octanol–water partition coefficient (Wildman–Crippen LogP) is 1.81. The zero-order valence-corrected chi connectivity index (χ0v) is 13.9. The first-order chi connectivity index (χ1) is 10.6. The average molecular weight is 342 g/mol. The molecule has 1 N–H and O–H groups in total. The number of carbonyl (C=O) groups is 2. The molecule has 5 nitrogen and oxygen atoms in total. The molecule has 2 fully saturated rings. The van der Waals surface area contributed by atoms with E-state index < -0.39 is 5.82 Å². The van der Waals surface area contributed by atoms with Crippen LogP contribution in [0.5, 0.6) is 0 Å². The number of benzene rings is 1. The number of piperazine rings is 1. The quantitative estimate of drug-likeness (QED) is 0.892. The van der Waals surface area contributed by atoms with Gasteiger partial charge in [0.05, 0.1) is 5.56 Å². The van der Waals surface area contributed by atoms with Crippen molar-refractivity contribution in [2.24, 2.45) is 0 Å². The van der Waals surface area contributed by atoms with Crippen LogP contribution in [0.15, 0.2) is 18.2 Å². The molecule has 3 rings (SSSR count). The first-order valence-corrected chi connectivity index (χ1v) is 7.69. The van der Waals surface area contributed by atoms with Crippen LogP contribution in [-0.4, -0.2) is 48.9 Å². The molecule has 0 radical (unpaired) electrons. The molecule has 0 aromatic heterocycles. The molecule has 1 aromatic carbocycles. The predicted molar refractivity (Wildman–Crippen MR) is 88.6 cm³/mol. The Morgan fingerprint density at radius 3 is 2.78 bits per heavy atom. The smallest absolute Gasteiger partial charge is 0.257 e.